The second-order valence-corrected chi connectivity index (χ2v) is 4.88. The normalized spacial score (nSPS) is 16.4. The van der Waals surface area contributed by atoms with Crippen molar-refractivity contribution in [2.45, 2.75) is 26.2 Å². The molecule has 0 bridgehead atoms. The zero-order valence-corrected chi connectivity index (χ0v) is 11.5. The maximum Gasteiger partial charge on any atom is -0.00563 e. The van der Waals surface area contributed by atoms with Crippen LogP contribution in [0.15, 0.2) is 72.0 Å². The second-order valence-electron chi connectivity index (χ2n) is 4.88. The monoisotopic (exact) mass is 251 g/mol. The first-order valence-electron chi connectivity index (χ1n) is 6.79. The molecular formula is C18H21N. The largest absolute Gasteiger partial charge is 0.405 e. The van der Waals surface area contributed by atoms with E-state index in [9.17, 15) is 0 Å². The quantitative estimate of drug-likeness (QED) is 0.778. The molecule has 1 aliphatic rings. The van der Waals surface area contributed by atoms with Crippen molar-refractivity contribution in [3.63, 3.8) is 0 Å². The van der Waals surface area contributed by atoms with Gasteiger partial charge in [0, 0.05) is 0 Å². The standard InChI is InChI=1S/C18H21N/c1-15-6-5-7-16(14-15)10-11-18(12-13-19)17-8-3-2-4-9-17/h2-4,6,8-9,11-14H,5,7,10,19H2,1H3/b13-12-,18-11+. The van der Waals surface area contributed by atoms with Crippen LogP contribution in [0.5, 0.6) is 0 Å². The molecule has 2 N–H and O–H groups in total. The van der Waals surface area contributed by atoms with Crippen molar-refractivity contribution in [3.8, 4) is 0 Å². The lowest BCUT2D eigenvalue weighted by molar-refractivity contribution is 0.912. The first kappa shape index (κ1) is 13.4. The number of hydrogen-bond donors (Lipinski definition) is 1. The molecule has 0 radical (unpaired) electrons. The summed E-state index contributed by atoms with van der Waals surface area (Å²) in [5.74, 6) is 0. The van der Waals surface area contributed by atoms with Gasteiger partial charge in [-0.05, 0) is 49.6 Å². The molecule has 0 amide bonds. The molecule has 0 saturated heterocycles. The third-order valence-electron chi connectivity index (χ3n) is 3.33. The van der Waals surface area contributed by atoms with Crippen LogP contribution in [0.25, 0.3) is 5.57 Å². The van der Waals surface area contributed by atoms with Crippen LogP contribution in [-0.4, -0.2) is 0 Å². The van der Waals surface area contributed by atoms with Crippen molar-refractivity contribution < 1.29 is 0 Å². The summed E-state index contributed by atoms with van der Waals surface area (Å²) in [6, 6.07) is 10.4. The second kappa shape index (κ2) is 6.79. The minimum absolute atomic E-state index is 1.000. The van der Waals surface area contributed by atoms with Gasteiger partial charge < -0.3 is 5.73 Å². The van der Waals surface area contributed by atoms with Gasteiger partial charge in [0.25, 0.3) is 0 Å². The van der Waals surface area contributed by atoms with Gasteiger partial charge >= 0.3 is 0 Å². The fourth-order valence-electron chi connectivity index (χ4n) is 2.36. The number of rotatable bonds is 4. The van der Waals surface area contributed by atoms with Gasteiger partial charge in [0.05, 0.1) is 0 Å². The zero-order chi connectivity index (χ0) is 13.5. The Labute approximate surface area is 115 Å². The van der Waals surface area contributed by atoms with Crippen LogP contribution in [0, 0.1) is 0 Å². The molecule has 0 fully saturated rings. The van der Waals surface area contributed by atoms with Gasteiger partial charge in [-0.3, -0.25) is 0 Å². The summed E-state index contributed by atoms with van der Waals surface area (Å²) in [7, 11) is 0. The van der Waals surface area contributed by atoms with E-state index in [1.54, 1.807) is 6.20 Å². The molecule has 0 atom stereocenters. The molecule has 2 rings (SSSR count). The molecule has 0 unspecified atom stereocenters. The van der Waals surface area contributed by atoms with Crippen LogP contribution < -0.4 is 5.73 Å². The smallest absolute Gasteiger partial charge is 0.00563 e. The highest BCUT2D eigenvalue weighted by molar-refractivity contribution is 5.74. The van der Waals surface area contributed by atoms with E-state index in [0.717, 1.165) is 6.42 Å². The lowest BCUT2D eigenvalue weighted by Crippen LogP contribution is -1.90. The van der Waals surface area contributed by atoms with Gasteiger partial charge in [-0.25, -0.2) is 0 Å². The molecule has 19 heavy (non-hydrogen) atoms. The first-order chi connectivity index (χ1) is 9.29. The summed E-state index contributed by atoms with van der Waals surface area (Å²) >= 11 is 0. The number of hydrogen-bond acceptors (Lipinski definition) is 1. The van der Waals surface area contributed by atoms with Crippen molar-refractivity contribution in [1.29, 1.82) is 0 Å². The molecule has 1 aromatic carbocycles. The molecule has 0 aliphatic heterocycles. The summed E-state index contributed by atoms with van der Waals surface area (Å²) in [6.07, 6.45) is 13.8. The molecule has 1 aromatic rings. The van der Waals surface area contributed by atoms with Crippen LogP contribution in [-0.2, 0) is 0 Å². The van der Waals surface area contributed by atoms with E-state index in [1.807, 2.05) is 12.1 Å². The Hall–Kier alpha value is -2.02. The van der Waals surface area contributed by atoms with Crippen molar-refractivity contribution in [2.24, 2.45) is 5.73 Å². The van der Waals surface area contributed by atoms with Crippen LogP contribution in [0.2, 0.25) is 0 Å². The maximum absolute atomic E-state index is 5.55. The first-order valence-corrected chi connectivity index (χ1v) is 6.79. The average molecular weight is 251 g/mol. The molecule has 1 nitrogen and oxygen atoms in total. The van der Waals surface area contributed by atoms with Crippen LogP contribution in [0.4, 0.5) is 0 Å². The molecular weight excluding hydrogens is 230 g/mol. The molecule has 98 valence electrons. The molecule has 1 heteroatoms. The zero-order valence-electron chi connectivity index (χ0n) is 11.5. The Morgan fingerprint density at radius 2 is 2.05 bits per heavy atom. The van der Waals surface area contributed by atoms with Crippen LogP contribution in [0.3, 0.4) is 0 Å². The Bertz CT molecular complexity index is 530. The maximum atomic E-state index is 5.55. The van der Waals surface area contributed by atoms with E-state index in [2.05, 4.69) is 49.4 Å². The number of benzene rings is 1. The topological polar surface area (TPSA) is 26.0 Å². The molecule has 1 aliphatic carbocycles. The van der Waals surface area contributed by atoms with E-state index in [0.29, 0.717) is 0 Å². The fraction of sp³-hybridized carbons (Fsp3) is 0.222. The molecule has 0 aromatic heterocycles. The fourth-order valence-corrected chi connectivity index (χ4v) is 2.36. The highest BCUT2D eigenvalue weighted by Gasteiger charge is 2.02. The Balaban J connectivity index is 2.16. The van der Waals surface area contributed by atoms with Crippen molar-refractivity contribution >= 4 is 5.57 Å². The van der Waals surface area contributed by atoms with E-state index in [4.69, 9.17) is 5.73 Å². The Morgan fingerprint density at radius 3 is 2.74 bits per heavy atom. The Kier molecular flexibility index (Phi) is 4.79. The third kappa shape index (κ3) is 3.99. The van der Waals surface area contributed by atoms with Gasteiger partial charge in [0.2, 0.25) is 0 Å². The summed E-state index contributed by atoms with van der Waals surface area (Å²) in [5.41, 5.74) is 10.8. The lowest BCUT2D eigenvalue weighted by atomic mass is 9.96. The van der Waals surface area contributed by atoms with Gasteiger partial charge in [-0.15, -0.1) is 0 Å². The minimum Gasteiger partial charge on any atom is -0.405 e. The molecule has 0 saturated carbocycles. The highest BCUT2D eigenvalue weighted by atomic mass is 14.5. The summed E-state index contributed by atoms with van der Waals surface area (Å²) < 4.78 is 0. The van der Waals surface area contributed by atoms with Gasteiger partial charge in [-0.1, -0.05) is 59.7 Å². The van der Waals surface area contributed by atoms with E-state index in [1.165, 1.54) is 35.1 Å². The predicted octanol–water partition coefficient (Wildman–Crippen LogP) is 4.60. The predicted molar refractivity (Wildman–Crippen MR) is 83.4 cm³/mol. The van der Waals surface area contributed by atoms with E-state index in [-0.39, 0.29) is 0 Å². The highest BCUT2D eigenvalue weighted by Crippen LogP contribution is 2.23. The lowest BCUT2D eigenvalue weighted by Gasteiger charge is -2.10. The average Bonchev–Trinajstić information content (AvgIpc) is 2.44. The molecule has 0 heterocycles. The summed E-state index contributed by atoms with van der Waals surface area (Å²) in [5, 5.41) is 0. The van der Waals surface area contributed by atoms with Crippen molar-refractivity contribution in [1.82, 2.24) is 0 Å². The van der Waals surface area contributed by atoms with E-state index < -0.39 is 0 Å². The van der Waals surface area contributed by atoms with Gasteiger partial charge in [-0.2, -0.15) is 0 Å². The van der Waals surface area contributed by atoms with Gasteiger partial charge in [0.1, 0.15) is 0 Å². The third-order valence-corrected chi connectivity index (χ3v) is 3.33. The summed E-state index contributed by atoms with van der Waals surface area (Å²) in [4.78, 5) is 0. The van der Waals surface area contributed by atoms with Crippen LogP contribution >= 0.6 is 0 Å². The van der Waals surface area contributed by atoms with Crippen molar-refractivity contribution in [3.05, 3.63) is 77.5 Å². The SMILES string of the molecule is CC1=CCCC(C/C=C(\C=C/N)c2ccccc2)=C1. The van der Waals surface area contributed by atoms with Crippen molar-refractivity contribution in [2.75, 3.05) is 0 Å². The molecule has 0 spiro atoms. The van der Waals surface area contributed by atoms with Crippen LogP contribution in [0.1, 0.15) is 31.7 Å². The van der Waals surface area contributed by atoms with E-state index >= 15 is 0 Å². The summed E-state index contributed by atoms with van der Waals surface area (Å²) in [6.45, 7) is 2.17. The minimum atomic E-state index is 1.000. The van der Waals surface area contributed by atoms with Gasteiger partial charge in [0.15, 0.2) is 0 Å². The number of nitrogens with two attached hydrogens (primary N) is 1. The number of allylic oxidation sites excluding steroid dienone is 7. The Morgan fingerprint density at radius 1 is 1.26 bits per heavy atom.